The topological polar surface area (TPSA) is 41.1 Å². The van der Waals surface area contributed by atoms with Gasteiger partial charge in [0.1, 0.15) is 0 Å². The second-order valence-corrected chi connectivity index (χ2v) is 5.68. The Labute approximate surface area is 122 Å². The summed E-state index contributed by atoms with van der Waals surface area (Å²) in [7, 11) is 0. The number of amides is 2. The standard InChI is InChI=1S/C17H26N2O/c20-17(18-14-13-15-9-5-4-6-10-15)19-16-11-7-2-1-3-8-12-16/h4-6,9-10,16H,1-3,7-8,11-14H2,(H2,18,19,20). The summed E-state index contributed by atoms with van der Waals surface area (Å²) in [6.45, 7) is 0.697. The van der Waals surface area contributed by atoms with Crippen molar-refractivity contribution in [2.75, 3.05) is 6.54 Å². The molecule has 3 nitrogen and oxygen atoms in total. The summed E-state index contributed by atoms with van der Waals surface area (Å²) in [6.07, 6.45) is 9.62. The third-order valence-corrected chi connectivity index (χ3v) is 3.98. The van der Waals surface area contributed by atoms with Gasteiger partial charge in [-0.25, -0.2) is 4.79 Å². The predicted molar refractivity (Wildman–Crippen MR) is 82.8 cm³/mol. The Morgan fingerprint density at radius 1 is 1.00 bits per heavy atom. The maximum Gasteiger partial charge on any atom is 0.315 e. The van der Waals surface area contributed by atoms with Crippen molar-refractivity contribution in [3.63, 3.8) is 0 Å². The number of carbonyl (C=O) groups is 1. The first-order valence-electron chi connectivity index (χ1n) is 7.93. The average molecular weight is 274 g/mol. The molecule has 3 heteroatoms. The summed E-state index contributed by atoms with van der Waals surface area (Å²) in [6, 6.07) is 10.6. The van der Waals surface area contributed by atoms with Gasteiger partial charge in [-0.15, -0.1) is 0 Å². The lowest BCUT2D eigenvalue weighted by Gasteiger charge is -2.21. The first kappa shape index (κ1) is 14.9. The van der Waals surface area contributed by atoms with Crippen LogP contribution in [-0.2, 0) is 6.42 Å². The van der Waals surface area contributed by atoms with E-state index in [-0.39, 0.29) is 6.03 Å². The molecular weight excluding hydrogens is 248 g/mol. The fourth-order valence-corrected chi connectivity index (χ4v) is 2.80. The number of hydrogen-bond acceptors (Lipinski definition) is 1. The molecule has 1 saturated carbocycles. The molecule has 2 rings (SSSR count). The van der Waals surface area contributed by atoms with Crippen molar-refractivity contribution in [3.8, 4) is 0 Å². The van der Waals surface area contributed by atoms with Crippen LogP contribution in [0.3, 0.4) is 0 Å². The van der Waals surface area contributed by atoms with Crippen LogP contribution >= 0.6 is 0 Å². The van der Waals surface area contributed by atoms with E-state index in [0.29, 0.717) is 12.6 Å². The first-order valence-corrected chi connectivity index (χ1v) is 7.93. The molecule has 1 aliphatic carbocycles. The molecule has 0 heterocycles. The molecular formula is C17H26N2O. The highest BCUT2D eigenvalue weighted by Gasteiger charge is 2.13. The van der Waals surface area contributed by atoms with Crippen LogP contribution < -0.4 is 10.6 Å². The first-order chi connectivity index (χ1) is 9.84. The molecule has 2 N–H and O–H groups in total. The van der Waals surface area contributed by atoms with Gasteiger partial charge in [0.15, 0.2) is 0 Å². The summed E-state index contributed by atoms with van der Waals surface area (Å²) in [4.78, 5) is 11.9. The van der Waals surface area contributed by atoms with E-state index < -0.39 is 0 Å². The van der Waals surface area contributed by atoms with E-state index in [1.54, 1.807) is 0 Å². The summed E-state index contributed by atoms with van der Waals surface area (Å²) in [5, 5.41) is 6.09. The van der Waals surface area contributed by atoms with Crippen molar-refractivity contribution in [3.05, 3.63) is 35.9 Å². The van der Waals surface area contributed by atoms with Gasteiger partial charge in [0.2, 0.25) is 0 Å². The summed E-state index contributed by atoms with van der Waals surface area (Å²) in [5.41, 5.74) is 1.26. The zero-order chi connectivity index (χ0) is 14.0. The number of carbonyl (C=O) groups excluding carboxylic acids is 1. The van der Waals surface area contributed by atoms with Crippen LogP contribution in [0.5, 0.6) is 0 Å². The van der Waals surface area contributed by atoms with Crippen LogP contribution in [0.15, 0.2) is 30.3 Å². The summed E-state index contributed by atoms with van der Waals surface area (Å²) < 4.78 is 0. The lowest BCUT2D eigenvalue weighted by atomic mass is 9.97. The minimum absolute atomic E-state index is 0.00787. The van der Waals surface area contributed by atoms with E-state index in [4.69, 9.17) is 0 Å². The van der Waals surface area contributed by atoms with E-state index in [1.807, 2.05) is 18.2 Å². The molecule has 0 spiro atoms. The van der Waals surface area contributed by atoms with Gasteiger partial charge in [-0.05, 0) is 24.8 Å². The molecule has 2 amide bonds. The SMILES string of the molecule is O=C(NCCc1ccccc1)NC1CCCCCCC1. The van der Waals surface area contributed by atoms with Crippen LogP contribution in [0, 0.1) is 0 Å². The third-order valence-electron chi connectivity index (χ3n) is 3.98. The molecule has 1 fully saturated rings. The minimum atomic E-state index is -0.00787. The van der Waals surface area contributed by atoms with Gasteiger partial charge >= 0.3 is 6.03 Å². The Morgan fingerprint density at radius 2 is 1.65 bits per heavy atom. The second kappa shape index (κ2) is 8.62. The Balaban J connectivity index is 1.64. The van der Waals surface area contributed by atoms with Crippen LogP contribution in [-0.4, -0.2) is 18.6 Å². The molecule has 1 aromatic rings. The largest absolute Gasteiger partial charge is 0.338 e. The number of benzene rings is 1. The molecule has 20 heavy (non-hydrogen) atoms. The summed E-state index contributed by atoms with van der Waals surface area (Å²) in [5.74, 6) is 0. The van der Waals surface area contributed by atoms with E-state index in [9.17, 15) is 4.79 Å². The number of hydrogen-bond donors (Lipinski definition) is 2. The van der Waals surface area contributed by atoms with Gasteiger partial charge in [-0.2, -0.15) is 0 Å². The second-order valence-electron chi connectivity index (χ2n) is 5.68. The van der Waals surface area contributed by atoms with E-state index in [1.165, 1.54) is 37.7 Å². The van der Waals surface area contributed by atoms with Crippen LogP contribution in [0.2, 0.25) is 0 Å². The highest BCUT2D eigenvalue weighted by molar-refractivity contribution is 5.74. The molecule has 0 saturated heterocycles. The Hall–Kier alpha value is -1.51. The maximum atomic E-state index is 11.9. The maximum absolute atomic E-state index is 11.9. The third kappa shape index (κ3) is 5.64. The van der Waals surface area contributed by atoms with Crippen LogP contribution in [0.25, 0.3) is 0 Å². The van der Waals surface area contributed by atoms with Crippen LogP contribution in [0.4, 0.5) is 4.79 Å². The van der Waals surface area contributed by atoms with Gasteiger partial charge in [0.25, 0.3) is 0 Å². The van der Waals surface area contributed by atoms with Gasteiger partial charge in [-0.1, -0.05) is 62.4 Å². The van der Waals surface area contributed by atoms with E-state index in [2.05, 4.69) is 22.8 Å². The molecule has 1 aromatic carbocycles. The highest BCUT2D eigenvalue weighted by atomic mass is 16.2. The molecule has 0 bridgehead atoms. The van der Waals surface area contributed by atoms with Crippen molar-refractivity contribution < 1.29 is 4.79 Å². The van der Waals surface area contributed by atoms with Crippen molar-refractivity contribution in [1.82, 2.24) is 10.6 Å². The molecule has 0 aromatic heterocycles. The minimum Gasteiger partial charge on any atom is -0.338 e. The molecule has 0 aliphatic heterocycles. The van der Waals surface area contributed by atoms with Crippen molar-refractivity contribution in [1.29, 1.82) is 0 Å². The molecule has 0 radical (unpaired) electrons. The lowest BCUT2D eigenvalue weighted by molar-refractivity contribution is 0.234. The fourth-order valence-electron chi connectivity index (χ4n) is 2.80. The Bertz CT molecular complexity index is 383. The van der Waals surface area contributed by atoms with E-state index >= 15 is 0 Å². The monoisotopic (exact) mass is 274 g/mol. The van der Waals surface area contributed by atoms with Crippen LogP contribution in [0.1, 0.15) is 50.5 Å². The predicted octanol–water partition coefficient (Wildman–Crippen LogP) is 3.64. The highest BCUT2D eigenvalue weighted by Crippen LogP contribution is 2.16. The van der Waals surface area contributed by atoms with Gasteiger partial charge in [-0.3, -0.25) is 0 Å². The normalized spacial score (nSPS) is 17.0. The van der Waals surface area contributed by atoms with Crippen molar-refractivity contribution >= 4 is 6.03 Å². The Kier molecular flexibility index (Phi) is 6.42. The van der Waals surface area contributed by atoms with Gasteiger partial charge in [0.05, 0.1) is 0 Å². The van der Waals surface area contributed by atoms with Gasteiger partial charge in [0, 0.05) is 12.6 Å². The average Bonchev–Trinajstić information content (AvgIpc) is 2.43. The molecule has 0 unspecified atom stereocenters. The summed E-state index contributed by atoms with van der Waals surface area (Å²) >= 11 is 0. The molecule has 110 valence electrons. The fraction of sp³-hybridized carbons (Fsp3) is 0.588. The quantitative estimate of drug-likeness (QED) is 0.864. The Morgan fingerprint density at radius 3 is 2.35 bits per heavy atom. The van der Waals surface area contributed by atoms with E-state index in [0.717, 1.165) is 19.3 Å². The number of urea groups is 1. The number of nitrogens with one attached hydrogen (secondary N) is 2. The smallest absolute Gasteiger partial charge is 0.315 e. The van der Waals surface area contributed by atoms with Gasteiger partial charge < -0.3 is 10.6 Å². The number of rotatable bonds is 4. The zero-order valence-electron chi connectivity index (χ0n) is 12.2. The molecule has 0 atom stereocenters. The van der Waals surface area contributed by atoms with Crippen molar-refractivity contribution in [2.45, 2.75) is 57.4 Å². The molecule has 1 aliphatic rings. The zero-order valence-corrected chi connectivity index (χ0v) is 12.2. The lowest BCUT2D eigenvalue weighted by Crippen LogP contribution is -2.43. The van der Waals surface area contributed by atoms with Crippen molar-refractivity contribution in [2.24, 2.45) is 0 Å².